The van der Waals surface area contributed by atoms with Crippen LogP contribution in [0, 0.1) is 17.8 Å². The third-order valence-corrected chi connectivity index (χ3v) is 5.15. The fourth-order valence-corrected chi connectivity index (χ4v) is 4.18. The summed E-state index contributed by atoms with van der Waals surface area (Å²) in [7, 11) is 1.93. The summed E-state index contributed by atoms with van der Waals surface area (Å²) in [6, 6.07) is 0. The molecular weight excluding hydrogens is 232 g/mol. The average Bonchev–Trinajstić information content (AvgIpc) is 2.96. The van der Waals surface area contributed by atoms with E-state index in [1.54, 1.807) is 0 Å². The number of hydrogen-bond acceptors (Lipinski definition) is 2. The maximum atomic E-state index is 11.9. The lowest BCUT2D eigenvalue weighted by atomic mass is 9.86. The van der Waals surface area contributed by atoms with Crippen molar-refractivity contribution in [3.63, 3.8) is 0 Å². The van der Waals surface area contributed by atoms with E-state index in [0.29, 0.717) is 12.3 Å². The van der Waals surface area contributed by atoms with Crippen molar-refractivity contribution >= 4 is 17.2 Å². The highest BCUT2D eigenvalue weighted by atomic mass is 32.1. The van der Waals surface area contributed by atoms with E-state index in [1.807, 2.05) is 23.2 Å². The summed E-state index contributed by atoms with van der Waals surface area (Å²) >= 11 is 1.53. The van der Waals surface area contributed by atoms with Crippen LogP contribution < -0.4 is 4.80 Å². The first-order chi connectivity index (χ1) is 8.22. The zero-order valence-electron chi connectivity index (χ0n) is 10.1. The van der Waals surface area contributed by atoms with Crippen LogP contribution in [-0.2, 0) is 11.8 Å². The van der Waals surface area contributed by atoms with Gasteiger partial charge in [0.05, 0.1) is 0 Å². The van der Waals surface area contributed by atoms with Gasteiger partial charge >= 0.3 is 0 Å². The summed E-state index contributed by atoms with van der Waals surface area (Å²) < 4.78 is 1.91. The standard InChI is InChI=1S/C13H18N2OS/c1-15-4-5-17-13(15)14-12(16)8-11-7-9-2-3-10(11)6-9/h4-5,9-11H,2-3,6-8H2,1H3/t9-,10-,11+/m0/s1. The zero-order valence-corrected chi connectivity index (χ0v) is 10.9. The van der Waals surface area contributed by atoms with Crippen LogP contribution in [0.3, 0.4) is 0 Å². The number of amides is 1. The van der Waals surface area contributed by atoms with E-state index in [9.17, 15) is 4.79 Å². The van der Waals surface area contributed by atoms with Crippen LogP contribution in [0.15, 0.2) is 16.6 Å². The van der Waals surface area contributed by atoms with E-state index in [4.69, 9.17) is 0 Å². The topological polar surface area (TPSA) is 34.4 Å². The van der Waals surface area contributed by atoms with Crippen LogP contribution >= 0.6 is 11.3 Å². The van der Waals surface area contributed by atoms with Gasteiger partial charge in [-0.05, 0) is 37.0 Å². The minimum Gasteiger partial charge on any atom is -0.327 e. The molecule has 0 aromatic carbocycles. The minimum absolute atomic E-state index is 0.0700. The molecule has 3 rings (SSSR count). The first kappa shape index (κ1) is 11.2. The number of nitrogens with zero attached hydrogens (tertiary/aromatic N) is 2. The third-order valence-electron chi connectivity index (χ3n) is 4.30. The second-order valence-electron chi connectivity index (χ2n) is 5.44. The number of aromatic nitrogens is 1. The quantitative estimate of drug-likeness (QED) is 0.793. The molecule has 0 spiro atoms. The summed E-state index contributed by atoms with van der Waals surface area (Å²) in [6.07, 6.45) is 7.97. The Kier molecular flexibility index (Phi) is 2.90. The third kappa shape index (κ3) is 2.23. The molecule has 2 saturated carbocycles. The second-order valence-corrected chi connectivity index (χ2v) is 6.31. The zero-order chi connectivity index (χ0) is 11.8. The van der Waals surface area contributed by atoms with Gasteiger partial charge in [0.2, 0.25) is 5.91 Å². The number of carbonyl (C=O) groups excluding carboxylic acids is 1. The summed E-state index contributed by atoms with van der Waals surface area (Å²) in [5, 5.41) is 1.96. The van der Waals surface area contributed by atoms with Gasteiger partial charge in [0.15, 0.2) is 4.80 Å². The van der Waals surface area contributed by atoms with Crippen LogP contribution in [0.5, 0.6) is 0 Å². The van der Waals surface area contributed by atoms with Gasteiger partial charge in [-0.1, -0.05) is 6.42 Å². The molecule has 0 N–H and O–H groups in total. The fourth-order valence-electron chi connectivity index (χ4n) is 3.44. The highest BCUT2D eigenvalue weighted by Crippen LogP contribution is 2.49. The molecular formula is C13H18N2OS. The molecule has 1 amide bonds. The Bertz CT molecular complexity index is 488. The average molecular weight is 250 g/mol. The molecule has 2 aliphatic rings. The number of fused-ring (bicyclic) bond motifs is 2. The predicted octanol–water partition coefficient (Wildman–Crippen LogP) is 2.34. The molecule has 2 bridgehead atoms. The monoisotopic (exact) mass is 250 g/mol. The highest BCUT2D eigenvalue weighted by Gasteiger charge is 2.39. The van der Waals surface area contributed by atoms with Gasteiger partial charge in [0, 0.05) is 25.0 Å². The molecule has 0 radical (unpaired) electrons. The molecule has 92 valence electrons. The number of carbonyl (C=O) groups is 1. The molecule has 2 fully saturated rings. The Hall–Kier alpha value is -0.900. The Morgan fingerprint density at radius 2 is 2.41 bits per heavy atom. The van der Waals surface area contributed by atoms with Crippen LogP contribution in [0.2, 0.25) is 0 Å². The van der Waals surface area contributed by atoms with E-state index < -0.39 is 0 Å². The molecule has 0 aliphatic heterocycles. The van der Waals surface area contributed by atoms with Gasteiger partial charge in [-0.15, -0.1) is 11.3 Å². The van der Waals surface area contributed by atoms with Gasteiger partial charge in [0.1, 0.15) is 0 Å². The van der Waals surface area contributed by atoms with E-state index >= 15 is 0 Å². The maximum Gasteiger partial charge on any atom is 0.248 e. The van der Waals surface area contributed by atoms with Crippen molar-refractivity contribution in [1.29, 1.82) is 0 Å². The minimum atomic E-state index is 0.0700. The van der Waals surface area contributed by atoms with E-state index in [1.165, 1.54) is 37.0 Å². The lowest BCUT2D eigenvalue weighted by Crippen LogP contribution is -2.17. The Morgan fingerprint density at radius 1 is 1.53 bits per heavy atom. The van der Waals surface area contributed by atoms with Crippen molar-refractivity contribution < 1.29 is 4.79 Å². The van der Waals surface area contributed by atoms with Gasteiger partial charge in [-0.3, -0.25) is 4.79 Å². The first-order valence-electron chi connectivity index (χ1n) is 6.40. The van der Waals surface area contributed by atoms with Crippen molar-refractivity contribution in [3.05, 3.63) is 16.4 Å². The van der Waals surface area contributed by atoms with Crippen LogP contribution in [0.4, 0.5) is 0 Å². The molecule has 0 unspecified atom stereocenters. The number of hydrogen-bond donors (Lipinski definition) is 0. The van der Waals surface area contributed by atoms with Crippen molar-refractivity contribution in [1.82, 2.24) is 4.57 Å². The summed E-state index contributed by atoms with van der Waals surface area (Å²) in [5.74, 6) is 2.42. The molecule has 3 nitrogen and oxygen atoms in total. The molecule has 1 heterocycles. The maximum absolute atomic E-state index is 11.9. The van der Waals surface area contributed by atoms with E-state index in [0.717, 1.165) is 16.6 Å². The van der Waals surface area contributed by atoms with Gasteiger partial charge in [-0.2, -0.15) is 4.99 Å². The molecule has 2 aliphatic carbocycles. The van der Waals surface area contributed by atoms with Gasteiger partial charge in [0.25, 0.3) is 0 Å². The summed E-state index contributed by atoms with van der Waals surface area (Å²) in [5.41, 5.74) is 0. The van der Waals surface area contributed by atoms with Crippen LogP contribution in [0.25, 0.3) is 0 Å². The molecule has 1 aromatic rings. The smallest absolute Gasteiger partial charge is 0.248 e. The number of aryl methyl sites for hydroxylation is 1. The Morgan fingerprint density at radius 3 is 3.00 bits per heavy atom. The van der Waals surface area contributed by atoms with Crippen LogP contribution in [-0.4, -0.2) is 10.5 Å². The van der Waals surface area contributed by atoms with E-state index in [-0.39, 0.29) is 5.91 Å². The fraction of sp³-hybridized carbons (Fsp3) is 0.692. The predicted molar refractivity (Wildman–Crippen MR) is 67.4 cm³/mol. The lowest BCUT2D eigenvalue weighted by molar-refractivity contribution is -0.119. The SMILES string of the molecule is Cn1ccsc1=NC(=O)C[C@H]1C[C@H]2CC[C@H]1C2. The Balaban J connectivity index is 1.67. The molecule has 1 aromatic heterocycles. The normalized spacial score (nSPS) is 32.3. The van der Waals surface area contributed by atoms with Gasteiger partial charge < -0.3 is 4.57 Å². The van der Waals surface area contributed by atoms with Crippen molar-refractivity contribution in [3.8, 4) is 0 Å². The van der Waals surface area contributed by atoms with Crippen molar-refractivity contribution in [2.24, 2.45) is 29.8 Å². The van der Waals surface area contributed by atoms with Crippen molar-refractivity contribution in [2.45, 2.75) is 32.1 Å². The largest absolute Gasteiger partial charge is 0.327 e. The molecule has 0 saturated heterocycles. The first-order valence-corrected chi connectivity index (χ1v) is 7.28. The van der Waals surface area contributed by atoms with Crippen molar-refractivity contribution in [2.75, 3.05) is 0 Å². The number of thiazole rings is 1. The Labute approximate surface area is 105 Å². The molecule has 4 heteroatoms. The van der Waals surface area contributed by atoms with E-state index in [2.05, 4.69) is 4.99 Å². The summed E-state index contributed by atoms with van der Waals surface area (Å²) in [4.78, 5) is 16.9. The van der Waals surface area contributed by atoms with Crippen LogP contribution in [0.1, 0.15) is 32.1 Å². The number of rotatable bonds is 2. The highest BCUT2D eigenvalue weighted by molar-refractivity contribution is 7.07. The molecule has 3 atom stereocenters. The lowest BCUT2D eigenvalue weighted by Gasteiger charge is -2.19. The molecule has 17 heavy (non-hydrogen) atoms. The second kappa shape index (κ2) is 4.41. The van der Waals surface area contributed by atoms with Gasteiger partial charge in [-0.25, -0.2) is 0 Å². The summed E-state index contributed by atoms with van der Waals surface area (Å²) in [6.45, 7) is 0.